The highest BCUT2D eigenvalue weighted by Gasteiger charge is 2.04. The lowest BCUT2D eigenvalue weighted by Crippen LogP contribution is -2.23. The summed E-state index contributed by atoms with van der Waals surface area (Å²) in [5.74, 6) is 0. The van der Waals surface area contributed by atoms with Crippen LogP contribution in [0.25, 0.3) is 0 Å². The zero-order valence-corrected chi connectivity index (χ0v) is 10.3. The molecule has 0 heterocycles. The van der Waals surface area contributed by atoms with Crippen LogP contribution in [0.1, 0.15) is 31.9 Å². The van der Waals surface area contributed by atoms with Crippen molar-refractivity contribution in [3.8, 4) is 0 Å². The molecule has 1 atom stereocenters. The van der Waals surface area contributed by atoms with Gasteiger partial charge in [0, 0.05) is 24.8 Å². The van der Waals surface area contributed by atoms with E-state index in [2.05, 4.69) is 42.7 Å². The van der Waals surface area contributed by atoms with Gasteiger partial charge in [-0.05, 0) is 31.0 Å². The molecule has 0 aliphatic heterocycles. The van der Waals surface area contributed by atoms with E-state index in [0.29, 0.717) is 0 Å². The van der Waals surface area contributed by atoms with Crippen molar-refractivity contribution < 1.29 is 0 Å². The van der Waals surface area contributed by atoms with Crippen molar-refractivity contribution in [2.45, 2.75) is 26.3 Å². The largest absolute Gasteiger partial charge is 0.368 e. The number of nitrogens with zero attached hydrogens (tertiary/aromatic N) is 1. The first-order valence-corrected chi connectivity index (χ1v) is 5.90. The Morgan fingerprint density at radius 3 is 2.44 bits per heavy atom. The van der Waals surface area contributed by atoms with Gasteiger partial charge in [0.1, 0.15) is 0 Å². The molecule has 0 saturated carbocycles. The SMILES string of the molecule is C=CCN(CCC)c1ccc(C(C)N)cc1. The zero-order valence-electron chi connectivity index (χ0n) is 10.3. The Morgan fingerprint density at radius 1 is 1.38 bits per heavy atom. The van der Waals surface area contributed by atoms with Gasteiger partial charge in [-0.2, -0.15) is 0 Å². The van der Waals surface area contributed by atoms with E-state index >= 15 is 0 Å². The molecule has 88 valence electrons. The van der Waals surface area contributed by atoms with Crippen molar-refractivity contribution in [1.82, 2.24) is 0 Å². The maximum atomic E-state index is 5.83. The summed E-state index contributed by atoms with van der Waals surface area (Å²) in [5, 5.41) is 0. The molecule has 2 nitrogen and oxygen atoms in total. The van der Waals surface area contributed by atoms with Crippen LogP contribution in [0, 0.1) is 0 Å². The molecule has 1 unspecified atom stereocenters. The standard InChI is InChI=1S/C14H22N2/c1-4-10-16(11-5-2)14-8-6-13(7-9-14)12(3)15/h4,6-9,12H,1,5,10-11,15H2,2-3H3. The predicted molar refractivity (Wildman–Crippen MR) is 71.7 cm³/mol. The van der Waals surface area contributed by atoms with Gasteiger partial charge in [0.25, 0.3) is 0 Å². The fourth-order valence-corrected chi connectivity index (χ4v) is 1.74. The van der Waals surface area contributed by atoms with E-state index < -0.39 is 0 Å². The molecule has 1 rings (SSSR count). The normalized spacial score (nSPS) is 12.2. The Labute approximate surface area is 98.8 Å². The summed E-state index contributed by atoms with van der Waals surface area (Å²) in [7, 11) is 0. The highest BCUT2D eigenvalue weighted by molar-refractivity contribution is 5.48. The Morgan fingerprint density at radius 2 is 2.00 bits per heavy atom. The third kappa shape index (κ3) is 3.38. The van der Waals surface area contributed by atoms with E-state index in [-0.39, 0.29) is 6.04 Å². The van der Waals surface area contributed by atoms with Crippen LogP contribution in [-0.2, 0) is 0 Å². The average molecular weight is 218 g/mol. The molecule has 0 aliphatic carbocycles. The Kier molecular flexibility index (Phi) is 5.06. The van der Waals surface area contributed by atoms with Crippen molar-refractivity contribution in [3.05, 3.63) is 42.5 Å². The molecule has 0 amide bonds. The van der Waals surface area contributed by atoms with Gasteiger partial charge in [-0.25, -0.2) is 0 Å². The van der Waals surface area contributed by atoms with Crippen LogP contribution in [0.3, 0.4) is 0 Å². The first kappa shape index (κ1) is 12.8. The lowest BCUT2D eigenvalue weighted by molar-refractivity contribution is 0.806. The molecule has 1 aromatic carbocycles. The number of rotatable bonds is 6. The molecule has 0 fully saturated rings. The molecule has 0 aliphatic rings. The van der Waals surface area contributed by atoms with Crippen LogP contribution in [0.5, 0.6) is 0 Å². The van der Waals surface area contributed by atoms with Crippen LogP contribution in [0.2, 0.25) is 0 Å². The van der Waals surface area contributed by atoms with Crippen LogP contribution in [-0.4, -0.2) is 13.1 Å². The Hall–Kier alpha value is -1.28. The molecule has 0 spiro atoms. The second-order valence-corrected chi connectivity index (χ2v) is 4.11. The van der Waals surface area contributed by atoms with Gasteiger partial charge in [-0.3, -0.25) is 0 Å². The minimum atomic E-state index is 0.105. The smallest absolute Gasteiger partial charge is 0.0369 e. The van der Waals surface area contributed by atoms with Crippen LogP contribution in [0.4, 0.5) is 5.69 Å². The molecular weight excluding hydrogens is 196 g/mol. The van der Waals surface area contributed by atoms with Crippen LogP contribution in [0.15, 0.2) is 36.9 Å². The van der Waals surface area contributed by atoms with Crippen molar-refractivity contribution in [2.24, 2.45) is 5.73 Å². The highest BCUT2D eigenvalue weighted by Crippen LogP contribution is 2.18. The topological polar surface area (TPSA) is 29.3 Å². The van der Waals surface area contributed by atoms with E-state index in [4.69, 9.17) is 5.73 Å². The van der Waals surface area contributed by atoms with Crippen molar-refractivity contribution in [2.75, 3.05) is 18.0 Å². The average Bonchev–Trinajstić information content (AvgIpc) is 2.29. The second kappa shape index (κ2) is 6.33. The number of hydrogen-bond donors (Lipinski definition) is 1. The maximum Gasteiger partial charge on any atom is 0.0369 e. The molecule has 16 heavy (non-hydrogen) atoms. The quantitative estimate of drug-likeness (QED) is 0.743. The molecule has 2 N–H and O–H groups in total. The minimum absolute atomic E-state index is 0.105. The van der Waals surface area contributed by atoms with E-state index in [1.165, 1.54) is 11.3 Å². The molecule has 0 aromatic heterocycles. The molecule has 0 radical (unpaired) electrons. The lowest BCUT2D eigenvalue weighted by atomic mass is 10.1. The van der Waals surface area contributed by atoms with Gasteiger partial charge in [0.2, 0.25) is 0 Å². The van der Waals surface area contributed by atoms with Crippen molar-refractivity contribution in [1.29, 1.82) is 0 Å². The predicted octanol–water partition coefficient (Wildman–Crippen LogP) is 3.11. The summed E-state index contributed by atoms with van der Waals surface area (Å²) in [6.07, 6.45) is 3.08. The van der Waals surface area contributed by atoms with Crippen molar-refractivity contribution >= 4 is 5.69 Å². The number of anilines is 1. The van der Waals surface area contributed by atoms with Crippen molar-refractivity contribution in [3.63, 3.8) is 0 Å². The van der Waals surface area contributed by atoms with E-state index in [1.54, 1.807) is 0 Å². The third-order valence-corrected chi connectivity index (χ3v) is 2.63. The molecule has 0 bridgehead atoms. The zero-order chi connectivity index (χ0) is 12.0. The first-order valence-electron chi connectivity index (χ1n) is 5.90. The third-order valence-electron chi connectivity index (χ3n) is 2.63. The highest BCUT2D eigenvalue weighted by atomic mass is 15.1. The number of benzene rings is 1. The molecule has 0 saturated heterocycles. The number of nitrogens with two attached hydrogens (primary N) is 1. The molecular formula is C14H22N2. The summed E-state index contributed by atoms with van der Waals surface area (Å²) in [5.41, 5.74) is 8.25. The molecule has 2 heteroatoms. The summed E-state index contributed by atoms with van der Waals surface area (Å²) < 4.78 is 0. The first-order chi connectivity index (χ1) is 7.69. The van der Waals surface area contributed by atoms with Gasteiger partial charge in [-0.1, -0.05) is 25.1 Å². The second-order valence-electron chi connectivity index (χ2n) is 4.11. The van der Waals surface area contributed by atoms with Gasteiger partial charge >= 0.3 is 0 Å². The van der Waals surface area contributed by atoms with Crippen LogP contribution >= 0.6 is 0 Å². The minimum Gasteiger partial charge on any atom is -0.368 e. The van der Waals surface area contributed by atoms with Crippen LogP contribution < -0.4 is 10.6 Å². The summed E-state index contributed by atoms with van der Waals surface area (Å²) in [6, 6.07) is 8.58. The number of hydrogen-bond acceptors (Lipinski definition) is 2. The fraction of sp³-hybridized carbons (Fsp3) is 0.429. The Bertz CT molecular complexity index is 314. The lowest BCUT2D eigenvalue weighted by Gasteiger charge is -2.23. The van der Waals surface area contributed by atoms with Gasteiger partial charge in [-0.15, -0.1) is 6.58 Å². The van der Waals surface area contributed by atoms with E-state index in [9.17, 15) is 0 Å². The summed E-state index contributed by atoms with van der Waals surface area (Å²) in [4.78, 5) is 2.32. The van der Waals surface area contributed by atoms with E-state index in [1.807, 2.05) is 13.0 Å². The van der Waals surface area contributed by atoms with Gasteiger partial charge in [0.05, 0.1) is 0 Å². The fourth-order valence-electron chi connectivity index (χ4n) is 1.74. The van der Waals surface area contributed by atoms with Gasteiger partial charge < -0.3 is 10.6 Å². The van der Waals surface area contributed by atoms with E-state index in [0.717, 1.165) is 19.5 Å². The maximum absolute atomic E-state index is 5.83. The monoisotopic (exact) mass is 218 g/mol. The molecule has 1 aromatic rings. The summed E-state index contributed by atoms with van der Waals surface area (Å²) in [6.45, 7) is 9.94. The summed E-state index contributed by atoms with van der Waals surface area (Å²) >= 11 is 0. The Balaban J connectivity index is 2.80. The van der Waals surface area contributed by atoms with Gasteiger partial charge in [0.15, 0.2) is 0 Å².